The van der Waals surface area contributed by atoms with E-state index in [-0.39, 0.29) is 46.6 Å². The molecule has 0 saturated heterocycles. The van der Waals surface area contributed by atoms with Gasteiger partial charge < -0.3 is 14.6 Å². The molecule has 7 heteroatoms. The van der Waals surface area contributed by atoms with Crippen molar-refractivity contribution in [3.05, 3.63) is 0 Å². The Hall–Kier alpha value is -1.47. The van der Waals surface area contributed by atoms with E-state index < -0.39 is 12.1 Å². The second-order valence-corrected chi connectivity index (χ2v) is 13.8. The van der Waals surface area contributed by atoms with Crippen molar-refractivity contribution in [1.82, 2.24) is 4.90 Å². The summed E-state index contributed by atoms with van der Waals surface area (Å²) in [5.74, 6) is 1.20. The molecule has 222 valence electrons. The minimum atomic E-state index is -1.11. The molecule has 39 heavy (non-hydrogen) atoms. The highest BCUT2D eigenvalue weighted by Gasteiger charge is 2.64. The van der Waals surface area contributed by atoms with Crippen LogP contribution in [0.5, 0.6) is 0 Å². The van der Waals surface area contributed by atoms with Crippen LogP contribution in [-0.4, -0.2) is 65.7 Å². The zero-order valence-electron chi connectivity index (χ0n) is 25.2. The van der Waals surface area contributed by atoms with E-state index in [4.69, 9.17) is 9.47 Å². The number of hydrogen-bond acceptors (Lipinski definition) is 7. The standard InChI is InChI=1S/C32H53NO6/c1-7-15-33(16-8-2)19-28(36)39-27-18-32(6)25(20(3)34)11-12-26(32)24-10-9-22-17-23(38-30(37)21(4)35)13-14-31(22,5)29(24)27/h21-27,29,35H,7-19H2,1-6H3/t21?,22-,23+,24-,25+,26-,27-,29+,31-,32+/m0/s1. The number of rotatable bonds is 10. The van der Waals surface area contributed by atoms with Crippen LogP contribution < -0.4 is 0 Å². The van der Waals surface area contributed by atoms with Crippen LogP contribution in [0.1, 0.15) is 106 Å². The largest absolute Gasteiger partial charge is 0.461 e. The maximum absolute atomic E-state index is 13.4. The van der Waals surface area contributed by atoms with Gasteiger partial charge in [-0.3, -0.25) is 14.5 Å². The molecule has 10 atom stereocenters. The van der Waals surface area contributed by atoms with Crippen LogP contribution in [0, 0.1) is 40.4 Å². The van der Waals surface area contributed by atoms with Crippen molar-refractivity contribution < 1.29 is 29.0 Å². The number of ether oxygens (including phenoxy) is 2. The lowest BCUT2D eigenvalue weighted by atomic mass is 9.43. The zero-order valence-corrected chi connectivity index (χ0v) is 25.2. The predicted molar refractivity (Wildman–Crippen MR) is 150 cm³/mol. The molecule has 4 aliphatic carbocycles. The topological polar surface area (TPSA) is 93.1 Å². The first-order valence-corrected chi connectivity index (χ1v) is 15.7. The number of hydrogen-bond donors (Lipinski definition) is 1. The van der Waals surface area contributed by atoms with E-state index in [9.17, 15) is 19.5 Å². The summed E-state index contributed by atoms with van der Waals surface area (Å²) in [7, 11) is 0. The van der Waals surface area contributed by atoms with E-state index in [0.717, 1.165) is 77.3 Å². The van der Waals surface area contributed by atoms with E-state index in [1.54, 1.807) is 6.92 Å². The Kier molecular flexibility index (Phi) is 9.52. The number of esters is 2. The van der Waals surface area contributed by atoms with Crippen LogP contribution in [0.3, 0.4) is 0 Å². The Labute approximate surface area is 235 Å². The van der Waals surface area contributed by atoms with E-state index in [2.05, 4.69) is 32.6 Å². The molecule has 0 aromatic rings. The smallest absolute Gasteiger partial charge is 0.334 e. The summed E-state index contributed by atoms with van der Waals surface area (Å²) in [6.45, 7) is 14.3. The summed E-state index contributed by atoms with van der Waals surface area (Å²) < 4.78 is 12.2. The third-order valence-electron chi connectivity index (χ3n) is 11.4. The molecular formula is C32H53NO6. The van der Waals surface area contributed by atoms with Crippen molar-refractivity contribution in [2.24, 2.45) is 40.4 Å². The van der Waals surface area contributed by atoms with Crippen molar-refractivity contribution in [2.75, 3.05) is 19.6 Å². The normalized spacial score (nSPS) is 40.3. The molecule has 0 aliphatic heterocycles. The van der Waals surface area contributed by atoms with Gasteiger partial charge in [0.1, 0.15) is 24.1 Å². The van der Waals surface area contributed by atoms with Crippen LogP contribution >= 0.6 is 0 Å². The number of nitrogens with zero attached hydrogens (tertiary/aromatic N) is 1. The van der Waals surface area contributed by atoms with E-state index in [0.29, 0.717) is 24.3 Å². The lowest BCUT2D eigenvalue weighted by Crippen LogP contribution is -2.60. The van der Waals surface area contributed by atoms with Crippen LogP contribution in [-0.2, 0) is 23.9 Å². The molecule has 0 spiro atoms. The fourth-order valence-electron chi connectivity index (χ4n) is 9.75. The highest BCUT2D eigenvalue weighted by molar-refractivity contribution is 5.79. The number of aliphatic hydroxyl groups excluding tert-OH is 1. The molecule has 7 nitrogen and oxygen atoms in total. The summed E-state index contributed by atoms with van der Waals surface area (Å²) in [5, 5.41) is 9.66. The quantitative estimate of drug-likeness (QED) is 0.377. The Morgan fingerprint density at radius 1 is 0.974 bits per heavy atom. The van der Waals surface area contributed by atoms with Gasteiger partial charge in [-0.15, -0.1) is 0 Å². The maximum atomic E-state index is 13.4. The van der Waals surface area contributed by atoms with Gasteiger partial charge in [0.05, 0.1) is 6.54 Å². The van der Waals surface area contributed by atoms with Crippen molar-refractivity contribution >= 4 is 17.7 Å². The fraction of sp³-hybridized carbons (Fsp3) is 0.906. The molecule has 0 bridgehead atoms. The first kappa shape index (κ1) is 30.5. The second kappa shape index (κ2) is 12.2. The molecule has 0 radical (unpaired) electrons. The monoisotopic (exact) mass is 547 g/mol. The van der Waals surface area contributed by atoms with Crippen molar-refractivity contribution in [3.8, 4) is 0 Å². The first-order valence-electron chi connectivity index (χ1n) is 15.7. The lowest BCUT2D eigenvalue weighted by Gasteiger charge is -2.62. The van der Waals surface area contributed by atoms with Gasteiger partial charge in [-0.2, -0.15) is 0 Å². The highest BCUT2D eigenvalue weighted by Crippen LogP contribution is 2.68. The Morgan fingerprint density at radius 2 is 1.67 bits per heavy atom. The summed E-state index contributed by atoms with van der Waals surface area (Å²) >= 11 is 0. The molecule has 1 unspecified atom stereocenters. The third kappa shape index (κ3) is 5.95. The van der Waals surface area contributed by atoms with Gasteiger partial charge in [0.25, 0.3) is 0 Å². The Balaban J connectivity index is 1.60. The number of Topliss-reactive ketones (excluding diaryl/α,β-unsaturated/α-hetero) is 1. The molecule has 4 aliphatic rings. The number of carbonyl (C=O) groups is 3. The van der Waals surface area contributed by atoms with Gasteiger partial charge in [0, 0.05) is 11.8 Å². The van der Waals surface area contributed by atoms with E-state index in [1.807, 2.05) is 0 Å². The summed E-state index contributed by atoms with van der Waals surface area (Å²) in [6.07, 6.45) is 7.96. The number of carbonyl (C=O) groups excluding carboxylic acids is 3. The third-order valence-corrected chi connectivity index (χ3v) is 11.4. The summed E-state index contributed by atoms with van der Waals surface area (Å²) in [5.41, 5.74) is -0.137. The molecule has 4 saturated carbocycles. The minimum Gasteiger partial charge on any atom is -0.461 e. The fourth-order valence-corrected chi connectivity index (χ4v) is 9.75. The molecule has 4 fully saturated rings. The molecule has 0 aromatic heterocycles. The summed E-state index contributed by atoms with van der Waals surface area (Å²) in [6, 6.07) is 0. The van der Waals surface area contributed by atoms with Crippen LogP contribution in [0.4, 0.5) is 0 Å². The molecule has 1 N–H and O–H groups in total. The average Bonchev–Trinajstić information content (AvgIpc) is 3.21. The average molecular weight is 548 g/mol. The van der Waals surface area contributed by atoms with Gasteiger partial charge >= 0.3 is 11.9 Å². The van der Waals surface area contributed by atoms with Gasteiger partial charge in [-0.25, -0.2) is 4.79 Å². The zero-order chi connectivity index (χ0) is 28.5. The van der Waals surface area contributed by atoms with Crippen molar-refractivity contribution in [1.29, 1.82) is 0 Å². The second-order valence-electron chi connectivity index (χ2n) is 13.8. The van der Waals surface area contributed by atoms with Gasteiger partial charge in [-0.1, -0.05) is 27.7 Å². The van der Waals surface area contributed by atoms with Crippen molar-refractivity contribution in [2.45, 2.75) is 124 Å². The van der Waals surface area contributed by atoms with Crippen LogP contribution in [0.2, 0.25) is 0 Å². The molecule has 0 heterocycles. The Bertz CT molecular complexity index is 899. The number of aliphatic hydroxyl groups is 1. The molecular weight excluding hydrogens is 494 g/mol. The lowest BCUT2D eigenvalue weighted by molar-refractivity contribution is -0.203. The van der Waals surface area contributed by atoms with Gasteiger partial charge in [0.15, 0.2) is 0 Å². The first-order chi connectivity index (χ1) is 18.4. The van der Waals surface area contributed by atoms with E-state index >= 15 is 0 Å². The SMILES string of the molecule is CCCN(CCC)CC(=O)O[C@H]1C[C@]2(C)[C@@H](C(C)=O)CC[C@H]2[C@@H]2CC[C@H]3C[C@H](OC(=O)C(C)O)CC[C@]3(C)[C@H]21. The van der Waals surface area contributed by atoms with Gasteiger partial charge in [-0.05, 0) is 120 Å². The van der Waals surface area contributed by atoms with Crippen molar-refractivity contribution in [3.63, 3.8) is 0 Å². The van der Waals surface area contributed by atoms with Crippen LogP contribution in [0.25, 0.3) is 0 Å². The minimum absolute atomic E-state index is 0.0102. The molecule has 0 amide bonds. The maximum Gasteiger partial charge on any atom is 0.334 e. The summed E-state index contributed by atoms with van der Waals surface area (Å²) in [4.78, 5) is 40.5. The number of fused-ring (bicyclic) bond motifs is 5. The molecule has 4 rings (SSSR count). The highest BCUT2D eigenvalue weighted by atomic mass is 16.6. The number of ketones is 1. The molecule has 0 aromatic carbocycles. The van der Waals surface area contributed by atoms with Crippen LogP contribution in [0.15, 0.2) is 0 Å². The Morgan fingerprint density at radius 3 is 2.28 bits per heavy atom. The predicted octanol–water partition coefficient (Wildman–Crippen LogP) is 5.17. The van der Waals surface area contributed by atoms with E-state index in [1.165, 1.54) is 6.92 Å². The van der Waals surface area contributed by atoms with Gasteiger partial charge in [0.2, 0.25) is 0 Å².